The maximum Gasteiger partial charge on any atom is 0.341 e. The Balaban J connectivity index is 2.63. The number of carbonyl (C=O) groups excluding carboxylic acids is 1. The second-order valence-corrected chi connectivity index (χ2v) is 3.94. The molecular weight excluding hydrogens is 246 g/mol. The van der Waals surface area contributed by atoms with Crippen molar-refractivity contribution in [2.45, 2.75) is 20.3 Å². The van der Waals surface area contributed by atoms with Crippen LogP contribution in [0.15, 0.2) is 18.2 Å². The molecule has 0 fully saturated rings. The summed E-state index contributed by atoms with van der Waals surface area (Å²) in [5, 5.41) is 0. The van der Waals surface area contributed by atoms with Gasteiger partial charge in [0.2, 0.25) is 0 Å². The van der Waals surface area contributed by atoms with E-state index in [0.29, 0.717) is 43.4 Å². The van der Waals surface area contributed by atoms with Gasteiger partial charge in [-0.25, -0.2) is 4.79 Å². The molecule has 19 heavy (non-hydrogen) atoms. The van der Waals surface area contributed by atoms with Gasteiger partial charge in [-0.3, -0.25) is 0 Å². The van der Waals surface area contributed by atoms with Gasteiger partial charge in [-0.15, -0.1) is 0 Å². The van der Waals surface area contributed by atoms with E-state index in [1.807, 2.05) is 6.92 Å². The van der Waals surface area contributed by atoms with E-state index >= 15 is 0 Å². The maximum atomic E-state index is 11.8. The lowest BCUT2D eigenvalue weighted by Gasteiger charge is -2.11. The lowest BCUT2D eigenvalue weighted by atomic mass is 10.2. The van der Waals surface area contributed by atoms with Gasteiger partial charge in [-0.1, -0.05) is 6.92 Å². The number of ether oxygens (including phenoxy) is 3. The fourth-order valence-corrected chi connectivity index (χ4v) is 1.50. The first kappa shape index (κ1) is 15.3. The summed E-state index contributed by atoms with van der Waals surface area (Å²) >= 11 is 0. The molecule has 0 aliphatic heterocycles. The Hall–Kier alpha value is -1.75. The summed E-state index contributed by atoms with van der Waals surface area (Å²) in [7, 11) is 0. The third kappa shape index (κ3) is 5.18. The maximum absolute atomic E-state index is 11.8. The molecule has 1 aromatic carbocycles. The summed E-state index contributed by atoms with van der Waals surface area (Å²) in [6, 6.07) is 4.91. The number of benzene rings is 1. The van der Waals surface area contributed by atoms with Gasteiger partial charge in [-0.2, -0.15) is 0 Å². The Bertz CT molecular complexity index is 406. The van der Waals surface area contributed by atoms with Crippen LogP contribution < -0.4 is 10.5 Å². The molecule has 0 radical (unpaired) electrons. The Morgan fingerprint density at radius 1 is 1.21 bits per heavy atom. The van der Waals surface area contributed by atoms with Gasteiger partial charge in [0.05, 0.1) is 13.2 Å². The highest BCUT2D eigenvalue weighted by Crippen LogP contribution is 2.22. The number of rotatable bonds is 8. The monoisotopic (exact) mass is 267 g/mol. The van der Waals surface area contributed by atoms with Crippen molar-refractivity contribution in [1.82, 2.24) is 0 Å². The molecule has 0 aliphatic carbocycles. The first-order valence-electron chi connectivity index (χ1n) is 6.46. The lowest BCUT2D eigenvalue weighted by molar-refractivity contribution is 0.0517. The normalized spacial score (nSPS) is 10.2. The minimum Gasteiger partial charge on any atom is -0.490 e. The topological polar surface area (TPSA) is 70.8 Å². The van der Waals surface area contributed by atoms with Gasteiger partial charge in [0.25, 0.3) is 0 Å². The van der Waals surface area contributed by atoms with E-state index in [0.717, 1.165) is 6.42 Å². The first-order chi connectivity index (χ1) is 9.19. The highest BCUT2D eigenvalue weighted by atomic mass is 16.5. The molecule has 1 rings (SSSR count). The Morgan fingerprint density at radius 2 is 2.00 bits per heavy atom. The van der Waals surface area contributed by atoms with Gasteiger partial charge in [0, 0.05) is 12.3 Å². The first-order valence-corrected chi connectivity index (χ1v) is 6.46. The average molecular weight is 267 g/mol. The largest absolute Gasteiger partial charge is 0.490 e. The molecule has 0 atom stereocenters. The summed E-state index contributed by atoms with van der Waals surface area (Å²) in [5.74, 6) is 0.0343. The molecule has 2 N–H and O–H groups in total. The van der Waals surface area contributed by atoms with E-state index in [1.54, 1.807) is 25.1 Å². The summed E-state index contributed by atoms with van der Waals surface area (Å²) in [4.78, 5) is 11.8. The number of carbonyl (C=O) groups is 1. The molecule has 0 aliphatic rings. The summed E-state index contributed by atoms with van der Waals surface area (Å²) < 4.78 is 15.8. The van der Waals surface area contributed by atoms with Gasteiger partial charge in [0.1, 0.15) is 17.9 Å². The number of nitrogen functional groups attached to an aromatic ring is 1. The second kappa shape index (κ2) is 8.37. The summed E-state index contributed by atoms with van der Waals surface area (Å²) in [6.07, 6.45) is 0.968. The van der Waals surface area contributed by atoms with Crippen molar-refractivity contribution in [3.8, 4) is 5.75 Å². The summed E-state index contributed by atoms with van der Waals surface area (Å²) in [6.45, 7) is 5.68. The molecule has 0 amide bonds. The van der Waals surface area contributed by atoms with E-state index in [1.165, 1.54) is 0 Å². The molecule has 0 saturated heterocycles. The number of nitrogens with two attached hydrogens (primary N) is 1. The predicted molar refractivity (Wildman–Crippen MR) is 73.4 cm³/mol. The van der Waals surface area contributed by atoms with Gasteiger partial charge < -0.3 is 19.9 Å². The van der Waals surface area contributed by atoms with E-state index in [2.05, 4.69) is 0 Å². The molecule has 5 nitrogen and oxygen atoms in total. The van der Waals surface area contributed by atoms with Gasteiger partial charge >= 0.3 is 5.97 Å². The van der Waals surface area contributed by atoms with Crippen LogP contribution in [-0.2, 0) is 9.47 Å². The summed E-state index contributed by atoms with van der Waals surface area (Å²) in [5.41, 5.74) is 6.51. The van der Waals surface area contributed by atoms with Crippen LogP contribution in [0.1, 0.15) is 30.6 Å². The minimum atomic E-state index is -0.431. The van der Waals surface area contributed by atoms with Crippen molar-refractivity contribution in [3.05, 3.63) is 23.8 Å². The molecule has 0 unspecified atom stereocenters. The quantitative estimate of drug-likeness (QED) is 0.444. The van der Waals surface area contributed by atoms with Crippen LogP contribution in [0.2, 0.25) is 0 Å². The third-order valence-electron chi connectivity index (χ3n) is 2.33. The van der Waals surface area contributed by atoms with Crippen molar-refractivity contribution in [3.63, 3.8) is 0 Å². The standard InChI is InChI=1S/C14H21NO4/c1-3-7-17-8-9-19-13-6-5-11(15)10-12(13)14(16)18-4-2/h5-6,10H,3-4,7-9,15H2,1-2H3. The molecule has 106 valence electrons. The number of hydrogen-bond donors (Lipinski definition) is 1. The highest BCUT2D eigenvalue weighted by Gasteiger charge is 2.14. The predicted octanol–water partition coefficient (Wildman–Crippen LogP) is 2.25. The fraction of sp³-hybridized carbons (Fsp3) is 0.500. The van der Waals surface area contributed by atoms with E-state index in [-0.39, 0.29) is 0 Å². The molecule has 0 saturated carbocycles. The van der Waals surface area contributed by atoms with E-state index in [9.17, 15) is 4.79 Å². The van der Waals surface area contributed by atoms with Crippen molar-refractivity contribution in [1.29, 1.82) is 0 Å². The number of esters is 1. The lowest BCUT2D eigenvalue weighted by Crippen LogP contribution is -2.12. The Labute approximate surface area is 113 Å². The molecule has 5 heteroatoms. The number of hydrogen-bond acceptors (Lipinski definition) is 5. The smallest absolute Gasteiger partial charge is 0.341 e. The van der Waals surface area contributed by atoms with Crippen LogP contribution in [0, 0.1) is 0 Å². The van der Waals surface area contributed by atoms with Crippen molar-refractivity contribution >= 4 is 11.7 Å². The molecule has 0 heterocycles. The van der Waals surface area contributed by atoms with Gasteiger partial charge in [0.15, 0.2) is 0 Å². The van der Waals surface area contributed by atoms with Crippen molar-refractivity contribution < 1.29 is 19.0 Å². The molecular formula is C14H21NO4. The Morgan fingerprint density at radius 3 is 2.68 bits per heavy atom. The van der Waals surface area contributed by atoms with Crippen molar-refractivity contribution in [2.75, 3.05) is 32.2 Å². The highest BCUT2D eigenvalue weighted by molar-refractivity contribution is 5.93. The molecule has 0 bridgehead atoms. The van der Waals surface area contributed by atoms with Crippen LogP contribution in [0.3, 0.4) is 0 Å². The van der Waals surface area contributed by atoms with Crippen LogP contribution in [0.5, 0.6) is 5.75 Å². The zero-order chi connectivity index (χ0) is 14.1. The zero-order valence-corrected chi connectivity index (χ0v) is 11.5. The van der Waals surface area contributed by atoms with Crippen LogP contribution in [0.4, 0.5) is 5.69 Å². The van der Waals surface area contributed by atoms with Crippen LogP contribution >= 0.6 is 0 Å². The van der Waals surface area contributed by atoms with Crippen LogP contribution in [0.25, 0.3) is 0 Å². The average Bonchev–Trinajstić information content (AvgIpc) is 2.40. The van der Waals surface area contributed by atoms with E-state index < -0.39 is 5.97 Å². The minimum absolute atomic E-state index is 0.312. The fourth-order valence-electron chi connectivity index (χ4n) is 1.50. The number of anilines is 1. The third-order valence-corrected chi connectivity index (χ3v) is 2.33. The molecule has 0 aromatic heterocycles. The SMILES string of the molecule is CCCOCCOc1ccc(N)cc1C(=O)OCC. The molecule has 0 spiro atoms. The molecule has 1 aromatic rings. The van der Waals surface area contributed by atoms with Gasteiger partial charge in [-0.05, 0) is 31.5 Å². The van der Waals surface area contributed by atoms with E-state index in [4.69, 9.17) is 19.9 Å². The second-order valence-electron chi connectivity index (χ2n) is 3.94. The van der Waals surface area contributed by atoms with Crippen LogP contribution in [-0.4, -0.2) is 32.4 Å². The van der Waals surface area contributed by atoms with Crippen molar-refractivity contribution in [2.24, 2.45) is 0 Å². The zero-order valence-electron chi connectivity index (χ0n) is 11.5. The Kier molecular flexibility index (Phi) is 6.74.